The van der Waals surface area contributed by atoms with Crippen molar-refractivity contribution in [1.82, 2.24) is 0 Å². The van der Waals surface area contributed by atoms with Crippen LogP contribution in [0.1, 0.15) is 49.4 Å². The van der Waals surface area contributed by atoms with Crippen molar-refractivity contribution in [1.29, 1.82) is 0 Å². The highest BCUT2D eigenvalue weighted by Crippen LogP contribution is 2.41. The van der Waals surface area contributed by atoms with Gasteiger partial charge in [0.1, 0.15) is 0 Å². The second kappa shape index (κ2) is 12.0. The van der Waals surface area contributed by atoms with Gasteiger partial charge in [-0.05, 0) is 77.9 Å². The highest BCUT2D eigenvalue weighted by Gasteiger charge is 2.30. The number of allylic oxidation sites excluding steroid dienone is 1. The highest BCUT2D eigenvalue weighted by molar-refractivity contribution is 5.91. The summed E-state index contributed by atoms with van der Waals surface area (Å²) in [4.78, 5) is 2.37. The van der Waals surface area contributed by atoms with Gasteiger partial charge in [0, 0.05) is 36.9 Å². The molecule has 0 aromatic heterocycles. The Labute approximate surface area is 223 Å². The molecule has 0 bridgehead atoms. The molecule has 0 saturated heterocycles. The van der Waals surface area contributed by atoms with Crippen molar-refractivity contribution in [2.45, 2.75) is 39.0 Å². The third kappa shape index (κ3) is 5.80. The molecule has 0 amide bonds. The fraction of sp³-hybridized carbons (Fsp3) is 0.257. The molecule has 0 aliphatic heterocycles. The number of nitrogens with one attached hydrogen (secondary N) is 1. The maximum atomic E-state index is 4.10. The highest BCUT2D eigenvalue weighted by atomic mass is 15.1. The molecular formula is C35H40N2. The number of fused-ring (bicyclic) bond motifs is 1. The molecule has 1 atom stereocenters. The SMILES string of the molecule is C=Cc1cc(N(CC)CC)ccc1/C=C/CC(C)(Cc1ccccc1)c1c(NC)ccc2ccccc12. The molecular weight excluding hydrogens is 448 g/mol. The van der Waals surface area contributed by atoms with E-state index in [1.807, 2.05) is 13.1 Å². The summed E-state index contributed by atoms with van der Waals surface area (Å²) in [5, 5.41) is 6.09. The van der Waals surface area contributed by atoms with E-state index < -0.39 is 0 Å². The van der Waals surface area contributed by atoms with Crippen LogP contribution in [0.2, 0.25) is 0 Å². The van der Waals surface area contributed by atoms with Crippen LogP contribution in [0.5, 0.6) is 0 Å². The van der Waals surface area contributed by atoms with Gasteiger partial charge in [-0.25, -0.2) is 0 Å². The van der Waals surface area contributed by atoms with Crippen LogP contribution in [-0.4, -0.2) is 20.1 Å². The lowest BCUT2D eigenvalue weighted by Gasteiger charge is -2.33. The lowest BCUT2D eigenvalue weighted by molar-refractivity contribution is 0.481. The number of nitrogens with zero attached hydrogens (tertiary/aromatic N) is 1. The van der Waals surface area contributed by atoms with Crippen molar-refractivity contribution in [3.05, 3.63) is 120 Å². The maximum absolute atomic E-state index is 4.10. The molecule has 4 aromatic rings. The van der Waals surface area contributed by atoms with Gasteiger partial charge < -0.3 is 10.2 Å². The van der Waals surface area contributed by atoms with E-state index in [1.54, 1.807) is 0 Å². The molecule has 0 heterocycles. The first-order valence-corrected chi connectivity index (χ1v) is 13.4. The van der Waals surface area contributed by atoms with Crippen molar-refractivity contribution in [3.8, 4) is 0 Å². The minimum absolute atomic E-state index is 0.105. The Morgan fingerprint density at radius 1 is 0.865 bits per heavy atom. The molecule has 0 aliphatic carbocycles. The Balaban J connectivity index is 1.75. The summed E-state index contributed by atoms with van der Waals surface area (Å²) >= 11 is 0. The Morgan fingerprint density at radius 3 is 2.30 bits per heavy atom. The molecule has 0 spiro atoms. The average molecular weight is 489 g/mol. The molecule has 0 radical (unpaired) electrons. The summed E-state index contributed by atoms with van der Waals surface area (Å²) in [6, 6.07) is 30.8. The van der Waals surface area contributed by atoms with Crippen LogP contribution in [0.15, 0.2) is 97.6 Å². The molecule has 4 aromatic carbocycles. The predicted octanol–water partition coefficient (Wildman–Crippen LogP) is 8.97. The van der Waals surface area contributed by atoms with Crippen LogP contribution in [0, 0.1) is 0 Å². The van der Waals surface area contributed by atoms with Crippen LogP contribution in [0.25, 0.3) is 22.9 Å². The van der Waals surface area contributed by atoms with Crippen LogP contribution in [0.3, 0.4) is 0 Å². The Bertz CT molecular complexity index is 1360. The first-order chi connectivity index (χ1) is 18.0. The van der Waals surface area contributed by atoms with E-state index in [9.17, 15) is 0 Å². The first kappa shape index (κ1) is 26.3. The predicted molar refractivity (Wildman–Crippen MR) is 165 cm³/mol. The lowest BCUT2D eigenvalue weighted by Crippen LogP contribution is -2.26. The van der Waals surface area contributed by atoms with Gasteiger partial charge >= 0.3 is 0 Å². The van der Waals surface area contributed by atoms with Crippen LogP contribution in [0.4, 0.5) is 11.4 Å². The Kier molecular flexibility index (Phi) is 8.50. The maximum Gasteiger partial charge on any atom is 0.0382 e. The van der Waals surface area contributed by atoms with Gasteiger partial charge in [-0.3, -0.25) is 0 Å². The first-order valence-electron chi connectivity index (χ1n) is 13.4. The summed E-state index contributed by atoms with van der Waals surface area (Å²) in [6.45, 7) is 12.9. The van der Waals surface area contributed by atoms with Crippen LogP contribution < -0.4 is 10.2 Å². The van der Waals surface area contributed by atoms with Gasteiger partial charge in [0.15, 0.2) is 0 Å². The second-order valence-electron chi connectivity index (χ2n) is 9.98. The normalized spacial score (nSPS) is 13.0. The molecule has 0 saturated carbocycles. The van der Waals surface area contributed by atoms with Crippen molar-refractivity contribution in [2.75, 3.05) is 30.4 Å². The van der Waals surface area contributed by atoms with E-state index >= 15 is 0 Å². The Morgan fingerprint density at radius 2 is 1.59 bits per heavy atom. The fourth-order valence-electron chi connectivity index (χ4n) is 5.56. The third-order valence-electron chi connectivity index (χ3n) is 7.52. The quantitative estimate of drug-likeness (QED) is 0.227. The van der Waals surface area contributed by atoms with Gasteiger partial charge in [0.2, 0.25) is 0 Å². The molecule has 190 valence electrons. The molecule has 1 N–H and O–H groups in total. The fourth-order valence-corrected chi connectivity index (χ4v) is 5.56. The zero-order chi connectivity index (χ0) is 26.3. The number of benzene rings is 4. The van der Waals surface area contributed by atoms with Crippen molar-refractivity contribution >= 4 is 34.3 Å². The molecule has 2 heteroatoms. The molecule has 4 rings (SSSR count). The van der Waals surface area contributed by atoms with Gasteiger partial charge in [-0.2, -0.15) is 0 Å². The number of hydrogen-bond acceptors (Lipinski definition) is 2. The molecule has 37 heavy (non-hydrogen) atoms. The van der Waals surface area contributed by atoms with Gasteiger partial charge in [-0.1, -0.05) is 98.5 Å². The van der Waals surface area contributed by atoms with Gasteiger partial charge in [0.25, 0.3) is 0 Å². The molecule has 0 aliphatic rings. The van der Waals surface area contributed by atoms with Crippen LogP contribution in [-0.2, 0) is 11.8 Å². The molecule has 0 fully saturated rings. The summed E-state index contributed by atoms with van der Waals surface area (Å²) in [5.74, 6) is 0. The number of rotatable bonds is 11. The topological polar surface area (TPSA) is 15.3 Å². The smallest absolute Gasteiger partial charge is 0.0382 e. The zero-order valence-corrected chi connectivity index (χ0v) is 22.8. The number of anilines is 2. The average Bonchev–Trinajstić information content (AvgIpc) is 2.94. The van der Waals surface area contributed by atoms with Gasteiger partial charge in [-0.15, -0.1) is 0 Å². The van der Waals surface area contributed by atoms with E-state index in [4.69, 9.17) is 0 Å². The zero-order valence-electron chi connectivity index (χ0n) is 22.8. The van der Waals surface area contributed by atoms with E-state index in [0.717, 1.165) is 25.9 Å². The van der Waals surface area contributed by atoms with E-state index in [-0.39, 0.29) is 5.41 Å². The summed E-state index contributed by atoms with van der Waals surface area (Å²) in [5.41, 5.74) is 7.45. The number of hydrogen-bond donors (Lipinski definition) is 1. The van der Waals surface area contributed by atoms with Crippen molar-refractivity contribution in [3.63, 3.8) is 0 Å². The van der Waals surface area contributed by atoms with Gasteiger partial charge in [0.05, 0.1) is 0 Å². The standard InChI is InChI=1S/C35H40N2/c1-6-28-25-31(37(7-2)8-3)22-20-29(28)18-14-24-35(4,26-27-15-10-9-11-16-27)34-32-19-13-12-17-30(32)21-23-33(34)36-5/h6,9-23,25,36H,1,7-8,24,26H2,2-5H3/b18-14+. The van der Waals surface area contributed by atoms with E-state index in [0.29, 0.717) is 0 Å². The van der Waals surface area contributed by atoms with E-state index in [2.05, 4.69) is 135 Å². The van der Waals surface area contributed by atoms with E-state index in [1.165, 1.54) is 44.4 Å². The van der Waals surface area contributed by atoms with Crippen molar-refractivity contribution < 1.29 is 0 Å². The molecule has 2 nitrogen and oxygen atoms in total. The largest absolute Gasteiger partial charge is 0.388 e. The minimum atomic E-state index is -0.105. The van der Waals surface area contributed by atoms with Crippen LogP contribution >= 0.6 is 0 Å². The summed E-state index contributed by atoms with van der Waals surface area (Å²) in [7, 11) is 2.03. The second-order valence-corrected chi connectivity index (χ2v) is 9.98. The lowest BCUT2D eigenvalue weighted by atomic mass is 9.72. The Hall–Kier alpha value is -3.78. The monoisotopic (exact) mass is 488 g/mol. The summed E-state index contributed by atoms with van der Waals surface area (Å²) in [6.07, 6.45) is 8.47. The summed E-state index contributed by atoms with van der Waals surface area (Å²) < 4.78 is 0. The minimum Gasteiger partial charge on any atom is -0.388 e. The van der Waals surface area contributed by atoms with Crippen molar-refractivity contribution in [2.24, 2.45) is 0 Å². The third-order valence-corrected chi connectivity index (χ3v) is 7.52. The molecule has 1 unspecified atom stereocenters.